The summed E-state index contributed by atoms with van der Waals surface area (Å²) in [5, 5.41) is 0.767. The highest BCUT2D eigenvalue weighted by atomic mass is 32.1. The van der Waals surface area contributed by atoms with Crippen molar-refractivity contribution in [2.24, 2.45) is 0 Å². The van der Waals surface area contributed by atoms with Crippen LogP contribution in [0.1, 0.15) is 23.5 Å². The molecule has 0 N–H and O–H groups in total. The van der Waals surface area contributed by atoms with Crippen molar-refractivity contribution in [2.45, 2.75) is 20.0 Å². The van der Waals surface area contributed by atoms with Gasteiger partial charge in [-0.2, -0.15) is 0 Å². The van der Waals surface area contributed by atoms with E-state index in [9.17, 15) is 9.18 Å². The van der Waals surface area contributed by atoms with E-state index in [-0.39, 0.29) is 24.3 Å². The minimum Gasteiger partial charge on any atom is -0.371 e. The van der Waals surface area contributed by atoms with Crippen molar-refractivity contribution >= 4 is 27.2 Å². The van der Waals surface area contributed by atoms with E-state index in [1.165, 1.54) is 23.5 Å². The van der Waals surface area contributed by atoms with Gasteiger partial charge in [0.15, 0.2) is 5.78 Å². The molecule has 2 rings (SSSR count). The Bertz CT molecular complexity index is 545. The van der Waals surface area contributed by atoms with Crippen molar-refractivity contribution in [1.82, 2.24) is 0 Å². The van der Waals surface area contributed by atoms with Gasteiger partial charge in [-0.05, 0) is 43.5 Å². The Hall–Kier alpha value is -1.26. The van der Waals surface area contributed by atoms with E-state index >= 15 is 0 Å². The minimum absolute atomic E-state index is 0.0331. The van der Waals surface area contributed by atoms with Crippen molar-refractivity contribution < 1.29 is 13.9 Å². The number of carbonyl (C=O) groups is 1. The van der Waals surface area contributed by atoms with Crippen LogP contribution >= 0.6 is 11.3 Å². The van der Waals surface area contributed by atoms with E-state index in [0.29, 0.717) is 4.88 Å². The van der Waals surface area contributed by atoms with Crippen LogP contribution in [0.3, 0.4) is 0 Å². The number of carbonyl (C=O) groups excluding carboxylic acids is 1. The van der Waals surface area contributed by atoms with Crippen LogP contribution in [-0.2, 0) is 4.74 Å². The summed E-state index contributed by atoms with van der Waals surface area (Å²) in [6.45, 7) is 3.84. The van der Waals surface area contributed by atoms with Crippen molar-refractivity contribution in [1.29, 1.82) is 0 Å². The Kier molecular flexibility index (Phi) is 3.54. The fraction of sp³-hybridized carbons (Fsp3) is 0.308. The van der Waals surface area contributed by atoms with Crippen molar-refractivity contribution in [2.75, 3.05) is 6.61 Å². The van der Waals surface area contributed by atoms with Gasteiger partial charge in [-0.1, -0.05) is 0 Å². The number of hydrogen-bond acceptors (Lipinski definition) is 3. The molecule has 0 radical (unpaired) electrons. The van der Waals surface area contributed by atoms with E-state index in [0.717, 1.165) is 10.1 Å². The molecule has 2 nitrogen and oxygen atoms in total. The lowest BCUT2D eigenvalue weighted by molar-refractivity contribution is 0.0588. The van der Waals surface area contributed by atoms with Crippen LogP contribution in [0.4, 0.5) is 4.39 Å². The standard InChI is InChI=1S/C13H13FO2S/c1-8(2)16-7-11(15)13-6-9-5-10(14)3-4-12(9)17-13/h3-6,8H,7H2,1-2H3. The molecule has 1 aromatic carbocycles. The number of rotatable bonds is 4. The van der Waals surface area contributed by atoms with Gasteiger partial charge in [0.25, 0.3) is 0 Å². The molecule has 0 aliphatic carbocycles. The van der Waals surface area contributed by atoms with Gasteiger partial charge in [0, 0.05) is 4.70 Å². The number of ketones is 1. The predicted molar refractivity (Wildman–Crippen MR) is 67.2 cm³/mol. The molecule has 0 aliphatic heterocycles. The molecule has 0 fully saturated rings. The number of Topliss-reactive ketones (excluding diaryl/α,β-unsaturated/α-hetero) is 1. The average molecular weight is 252 g/mol. The van der Waals surface area contributed by atoms with Crippen LogP contribution in [0.2, 0.25) is 0 Å². The minimum atomic E-state index is -0.285. The molecule has 1 heterocycles. The summed E-state index contributed by atoms with van der Waals surface area (Å²) in [4.78, 5) is 12.4. The first-order chi connectivity index (χ1) is 8.06. The molecule has 90 valence electrons. The fourth-order valence-electron chi connectivity index (χ4n) is 1.47. The second-order valence-electron chi connectivity index (χ2n) is 4.08. The zero-order valence-corrected chi connectivity index (χ0v) is 10.5. The molecule has 2 aromatic rings. The van der Waals surface area contributed by atoms with Gasteiger partial charge in [0.1, 0.15) is 12.4 Å². The van der Waals surface area contributed by atoms with E-state index in [1.54, 1.807) is 12.1 Å². The Balaban J connectivity index is 2.21. The first-order valence-corrected chi connectivity index (χ1v) is 6.22. The number of benzene rings is 1. The Morgan fingerprint density at radius 1 is 1.41 bits per heavy atom. The summed E-state index contributed by atoms with van der Waals surface area (Å²) in [5.41, 5.74) is 0. The molecule has 0 amide bonds. The molecule has 0 saturated heterocycles. The normalized spacial score (nSPS) is 11.3. The van der Waals surface area contributed by atoms with Crippen LogP contribution in [-0.4, -0.2) is 18.5 Å². The van der Waals surface area contributed by atoms with Gasteiger partial charge in [0.05, 0.1) is 11.0 Å². The van der Waals surface area contributed by atoms with E-state index in [1.807, 2.05) is 13.8 Å². The molecule has 0 saturated carbocycles. The monoisotopic (exact) mass is 252 g/mol. The third-order valence-corrected chi connectivity index (χ3v) is 3.46. The third kappa shape index (κ3) is 2.90. The zero-order valence-electron chi connectivity index (χ0n) is 9.70. The molecule has 17 heavy (non-hydrogen) atoms. The maximum Gasteiger partial charge on any atom is 0.198 e. The highest BCUT2D eigenvalue weighted by Gasteiger charge is 2.11. The predicted octanol–water partition coefficient (Wildman–Crippen LogP) is 3.65. The fourth-order valence-corrected chi connectivity index (χ4v) is 2.43. The summed E-state index contributed by atoms with van der Waals surface area (Å²) in [6, 6.07) is 6.24. The summed E-state index contributed by atoms with van der Waals surface area (Å²) in [6.07, 6.45) is 0.0331. The lowest BCUT2D eigenvalue weighted by Gasteiger charge is -2.04. The molecule has 0 spiro atoms. The number of thiophene rings is 1. The van der Waals surface area contributed by atoms with E-state index in [2.05, 4.69) is 0 Å². The molecule has 0 atom stereocenters. The smallest absolute Gasteiger partial charge is 0.198 e. The molecule has 0 bridgehead atoms. The van der Waals surface area contributed by atoms with Crippen LogP contribution in [0.5, 0.6) is 0 Å². The van der Waals surface area contributed by atoms with E-state index < -0.39 is 0 Å². The largest absolute Gasteiger partial charge is 0.371 e. The number of halogens is 1. The number of ether oxygens (including phenoxy) is 1. The van der Waals surface area contributed by atoms with Gasteiger partial charge in [-0.25, -0.2) is 4.39 Å². The SMILES string of the molecule is CC(C)OCC(=O)c1cc2cc(F)ccc2s1. The topological polar surface area (TPSA) is 26.3 Å². The van der Waals surface area contributed by atoms with Gasteiger partial charge in [-0.3, -0.25) is 4.79 Å². The Morgan fingerprint density at radius 3 is 2.88 bits per heavy atom. The summed E-state index contributed by atoms with van der Waals surface area (Å²) in [7, 11) is 0. The lowest BCUT2D eigenvalue weighted by Crippen LogP contribution is -2.12. The first-order valence-electron chi connectivity index (χ1n) is 5.40. The number of fused-ring (bicyclic) bond motifs is 1. The summed E-state index contributed by atoms with van der Waals surface area (Å²) >= 11 is 1.37. The summed E-state index contributed by atoms with van der Waals surface area (Å²) < 4.78 is 19.2. The molecule has 4 heteroatoms. The molecular weight excluding hydrogens is 239 g/mol. The van der Waals surface area contributed by atoms with Gasteiger partial charge in [0.2, 0.25) is 0 Å². The van der Waals surface area contributed by atoms with Crippen molar-refractivity contribution in [3.8, 4) is 0 Å². The molecule has 1 aromatic heterocycles. The second-order valence-corrected chi connectivity index (χ2v) is 5.16. The Morgan fingerprint density at radius 2 is 2.18 bits per heavy atom. The van der Waals surface area contributed by atoms with Crippen molar-refractivity contribution in [3.05, 3.63) is 35.0 Å². The van der Waals surface area contributed by atoms with Gasteiger partial charge < -0.3 is 4.74 Å². The second kappa shape index (κ2) is 4.94. The number of hydrogen-bond donors (Lipinski definition) is 0. The van der Waals surface area contributed by atoms with Gasteiger partial charge in [-0.15, -0.1) is 11.3 Å². The van der Waals surface area contributed by atoms with Crippen LogP contribution < -0.4 is 0 Å². The maximum absolute atomic E-state index is 13.0. The molecular formula is C13H13FO2S. The molecule has 0 unspecified atom stereocenters. The maximum atomic E-state index is 13.0. The lowest BCUT2D eigenvalue weighted by atomic mass is 10.2. The van der Waals surface area contributed by atoms with E-state index in [4.69, 9.17) is 4.74 Å². The highest BCUT2D eigenvalue weighted by Crippen LogP contribution is 2.26. The molecule has 0 aliphatic rings. The quantitative estimate of drug-likeness (QED) is 0.776. The van der Waals surface area contributed by atoms with Gasteiger partial charge >= 0.3 is 0 Å². The van der Waals surface area contributed by atoms with Crippen LogP contribution in [0, 0.1) is 5.82 Å². The summed E-state index contributed by atoms with van der Waals surface area (Å²) in [5.74, 6) is -0.340. The Labute approximate surface area is 103 Å². The average Bonchev–Trinajstić information content (AvgIpc) is 2.68. The third-order valence-electron chi connectivity index (χ3n) is 2.30. The van der Waals surface area contributed by atoms with Crippen LogP contribution in [0.15, 0.2) is 24.3 Å². The first kappa shape index (κ1) is 12.2. The highest BCUT2D eigenvalue weighted by molar-refractivity contribution is 7.20. The zero-order chi connectivity index (χ0) is 12.4. The van der Waals surface area contributed by atoms with Crippen LogP contribution in [0.25, 0.3) is 10.1 Å². The van der Waals surface area contributed by atoms with Crippen molar-refractivity contribution in [3.63, 3.8) is 0 Å².